The maximum absolute atomic E-state index is 12.5. The molecule has 6 heteroatoms. The highest BCUT2D eigenvalue weighted by Crippen LogP contribution is 2.11. The molecule has 1 aliphatic rings. The standard InChI is InChI=1S/C17H23N5O/c1-2-21-11-8-19-16(21)14-20-9-3-10-22(13-12-20)17(23)15-4-6-18-7-5-15/h4-8,11H,2-3,9-10,12-14H2,1H3. The molecule has 1 aliphatic heterocycles. The summed E-state index contributed by atoms with van der Waals surface area (Å²) in [6.45, 7) is 7.36. The SMILES string of the molecule is CCn1ccnc1CN1CCCN(C(=O)c2ccncc2)CC1. The van der Waals surface area contributed by atoms with Crippen molar-refractivity contribution in [3.63, 3.8) is 0 Å². The van der Waals surface area contributed by atoms with Crippen LogP contribution < -0.4 is 0 Å². The van der Waals surface area contributed by atoms with Crippen molar-refractivity contribution in [1.82, 2.24) is 24.3 Å². The summed E-state index contributed by atoms with van der Waals surface area (Å²) >= 11 is 0. The van der Waals surface area contributed by atoms with Crippen LogP contribution in [0.4, 0.5) is 0 Å². The van der Waals surface area contributed by atoms with E-state index in [9.17, 15) is 4.79 Å². The van der Waals surface area contributed by atoms with Crippen LogP contribution in [0.2, 0.25) is 0 Å². The van der Waals surface area contributed by atoms with Gasteiger partial charge in [-0.3, -0.25) is 14.7 Å². The molecule has 0 N–H and O–H groups in total. The topological polar surface area (TPSA) is 54.3 Å². The number of aromatic nitrogens is 3. The van der Waals surface area contributed by atoms with Gasteiger partial charge in [0.25, 0.3) is 5.91 Å². The fourth-order valence-electron chi connectivity index (χ4n) is 2.99. The van der Waals surface area contributed by atoms with Crippen molar-refractivity contribution < 1.29 is 4.79 Å². The van der Waals surface area contributed by atoms with E-state index in [1.54, 1.807) is 24.5 Å². The second-order valence-electron chi connectivity index (χ2n) is 5.79. The van der Waals surface area contributed by atoms with Crippen LogP contribution in [0.1, 0.15) is 29.5 Å². The number of carbonyl (C=O) groups excluding carboxylic acids is 1. The van der Waals surface area contributed by atoms with Gasteiger partial charge in [-0.1, -0.05) is 0 Å². The Bertz CT molecular complexity index is 639. The molecule has 0 unspecified atom stereocenters. The van der Waals surface area contributed by atoms with E-state index < -0.39 is 0 Å². The molecule has 0 bridgehead atoms. The molecule has 1 saturated heterocycles. The highest BCUT2D eigenvalue weighted by atomic mass is 16.2. The van der Waals surface area contributed by atoms with Crippen LogP contribution in [0.3, 0.4) is 0 Å². The van der Waals surface area contributed by atoms with Gasteiger partial charge < -0.3 is 9.47 Å². The Kier molecular flexibility index (Phi) is 5.02. The fourth-order valence-corrected chi connectivity index (χ4v) is 2.99. The van der Waals surface area contributed by atoms with E-state index in [0.29, 0.717) is 0 Å². The number of nitrogens with zero attached hydrogens (tertiary/aromatic N) is 5. The molecule has 2 aromatic rings. The highest BCUT2D eigenvalue weighted by Gasteiger charge is 2.21. The van der Waals surface area contributed by atoms with E-state index >= 15 is 0 Å². The molecular formula is C17H23N5O. The molecule has 0 spiro atoms. The Morgan fingerprint density at radius 2 is 1.96 bits per heavy atom. The average Bonchev–Trinajstić information content (AvgIpc) is 2.91. The number of carbonyl (C=O) groups is 1. The lowest BCUT2D eigenvalue weighted by Gasteiger charge is -2.22. The summed E-state index contributed by atoms with van der Waals surface area (Å²) in [7, 11) is 0. The summed E-state index contributed by atoms with van der Waals surface area (Å²) in [5, 5.41) is 0. The summed E-state index contributed by atoms with van der Waals surface area (Å²) in [5.74, 6) is 1.20. The third kappa shape index (κ3) is 3.76. The molecule has 3 heterocycles. The molecule has 122 valence electrons. The van der Waals surface area contributed by atoms with E-state index in [-0.39, 0.29) is 5.91 Å². The molecule has 23 heavy (non-hydrogen) atoms. The molecule has 2 aromatic heterocycles. The summed E-state index contributed by atoms with van der Waals surface area (Å²) < 4.78 is 2.17. The van der Waals surface area contributed by atoms with E-state index in [1.807, 2.05) is 17.3 Å². The van der Waals surface area contributed by atoms with Gasteiger partial charge in [-0.05, 0) is 25.5 Å². The molecule has 0 radical (unpaired) electrons. The van der Waals surface area contributed by atoms with E-state index in [2.05, 4.69) is 26.4 Å². The minimum atomic E-state index is 0.101. The first-order valence-corrected chi connectivity index (χ1v) is 8.19. The second-order valence-corrected chi connectivity index (χ2v) is 5.79. The number of aryl methyl sites for hydroxylation is 1. The lowest BCUT2D eigenvalue weighted by Crippen LogP contribution is -2.35. The summed E-state index contributed by atoms with van der Waals surface area (Å²) in [6.07, 6.45) is 8.20. The first-order valence-electron chi connectivity index (χ1n) is 8.19. The molecule has 1 fully saturated rings. The largest absolute Gasteiger partial charge is 0.337 e. The van der Waals surface area contributed by atoms with Gasteiger partial charge in [0.1, 0.15) is 5.82 Å². The first-order chi connectivity index (χ1) is 11.3. The molecular weight excluding hydrogens is 290 g/mol. The molecule has 6 nitrogen and oxygen atoms in total. The molecule has 0 aliphatic carbocycles. The Morgan fingerprint density at radius 1 is 1.13 bits per heavy atom. The smallest absolute Gasteiger partial charge is 0.254 e. The van der Waals surface area contributed by atoms with Gasteiger partial charge in [0.15, 0.2) is 0 Å². The minimum absolute atomic E-state index is 0.101. The average molecular weight is 313 g/mol. The van der Waals surface area contributed by atoms with Crippen molar-refractivity contribution in [3.05, 3.63) is 48.3 Å². The number of pyridine rings is 1. The van der Waals surface area contributed by atoms with E-state index in [0.717, 1.165) is 57.1 Å². The van der Waals surface area contributed by atoms with Gasteiger partial charge in [-0.2, -0.15) is 0 Å². The van der Waals surface area contributed by atoms with Gasteiger partial charge in [0.05, 0.1) is 6.54 Å². The Hall–Kier alpha value is -2.21. The highest BCUT2D eigenvalue weighted by molar-refractivity contribution is 5.94. The normalized spacial score (nSPS) is 16.3. The monoisotopic (exact) mass is 313 g/mol. The predicted molar refractivity (Wildman–Crippen MR) is 87.9 cm³/mol. The van der Waals surface area contributed by atoms with Crippen molar-refractivity contribution in [2.45, 2.75) is 26.4 Å². The lowest BCUT2D eigenvalue weighted by atomic mass is 10.2. The van der Waals surface area contributed by atoms with Crippen LogP contribution in [0.25, 0.3) is 0 Å². The van der Waals surface area contributed by atoms with Gasteiger partial charge in [-0.25, -0.2) is 4.98 Å². The summed E-state index contributed by atoms with van der Waals surface area (Å²) in [6, 6.07) is 3.56. The number of imidazole rings is 1. The van der Waals surface area contributed by atoms with Crippen LogP contribution in [0.15, 0.2) is 36.9 Å². The van der Waals surface area contributed by atoms with Gasteiger partial charge in [0, 0.05) is 63.1 Å². The van der Waals surface area contributed by atoms with Crippen LogP contribution in [0.5, 0.6) is 0 Å². The van der Waals surface area contributed by atoms with Crippen molar-refractivity contribution in [1.29, 1.82) is 0 Å². The predicted octanol–water partition coefficient (Wildman–Crippen LogP) is 1.65. The summed E-state index contributed by atoms with van der Waals surface area (Å²) in [4.78, 5) is 25.3. The van der Waals surface area contributed by atoms with Gasteiger partial charge >= 0.3 is 0 Å². The number of rotatable bonds is 4. The molecule has 0 aromatic carbocycles. The zero-order chi connectivity index (χ0) is 16.1. The number of hydrogen-bond donors (Lipinski definition) is 0. The zero-order valence-corrected chi connectivity index (χ0v) is 13.6. The van der Waals surface area contributed by atoms with Crippen molar-refractivity contribution >= 4 is 5.91 Å². The molecule has 0 atom stereocenters. The molecule has 3 rings (SSSR count). The van der Waals surface area contributed by atoms with E-state index in [1.165, 1.54) is 0 Å². The maximum Gasteiger partial charge on any atom is 0.254 e. The van der Waals surface area contributed by atoms with Crippen molar-refractivity contribution in [2.24, 2.45) is 0 Å². The maximum atomic E-state index is 12.5. The zero-order valence-electron chi connectivity index (χ0n) is 13.6. The quantitative estimate of drug-likeness (QED) is 0.861. The summed E-state index contributed by atoms with van der Waals surface area (Å²) in [5.41, 5.74) is 0.718. The van der Waals surface area contributed by atoms with Crippen LogP contribution in [-0.4, -0.2) is 56.4 Å². The fraction of sp³-hybridized carbons (Fsp3) is 0.471. The second kappa shape index (κ2) is 7.37. The van der Waals surface area contributed by atoms with Crippen LogP contribution in [0, 0.1) is 0 Å². The van der Waals surface area contributed by atoms with Crippen molar-refractivity contribution in [3.8, 4) is 0 Å². The third-order valence-corrected chi connectivity index (χ3v) is 4.31. The molecule has 0 saturated carbocycles. The lowest BCUT2D eigenvalue weighted by molar-refractivity contribution is 0.0761. The van der Waals surface area contributed by atoms with E-state index in [4.69, 9.17) is 0 Å². The number of hydrogen-bond acceptors (Lipinski definition) is 4. The first kappa shape index (κ1) is 15.7. The number of amides is 1. The Morgan fingerprint density at radius 3 is 2.74 bits per heavy atom. The minimum Gasteiger partial charge on any atom is -0.337 e. The Balaban J connectivity index is 1.60. The molecule has 1 amide bonds. The Labute approximate surface area is 136 Å². The van der Waals surface area contributed by atoms with Gasteiger partial charge in [-0.15, -0.1) is 0 Å². The third-order valence-electron chi connectivity index (χ3n) is 4.31. The van der Waals surface area contributed by atoms with Crippen LogP contribution in [-0.2, 0) is 13.1 Å². The van der Waals surface area contributed by atoms with Gasteiger partial charge in [0.2, 0.25) is 0 Å². The van der Waals surface area contributed by atoms with Crippen LogP contribution >= 0.6 is 0 Å². The van der Waals surface area contributed by atoms with Crippen molar-refractivity contribution in [2.75, 3.05) is 26.2 Å².